The molecular formula is C9H15N5OS. The van der Waals surface area contributed by atoms with E-state index in [1.165, 1.54) is 11.0 Å². The lowest BCUT2D eigenvalue weighted by Gasteiger charge is -2.19. The molecule has 0 unspecified atom stereocenters. The molecule has 1 saturated heterocycles. The average Bonchev–Trinajstić information content (AvgIpc) is 2.56. The number of hydrogen-bond donors (Lipinski definition) is 1. The van der Waals surface area contributed by atoms with E-state index in [1.807, 2.05) is 16.7 Å². The van der Waals surface area contributed by atoms with E-state index in [4.69, 9.17) is 5.73 Å². The van der Waals surface area contributed by atoms with Crippen LogP contribution in [0, 0.1) is 0 Å². The molecule has 0 aromatic carbocycles. The van der Waals surface area contributed by atoms with Gasteiger partial charge in [-0.05, 0) is 12.2 Å². The minimum absolute atomic E-state index is 0.0902. The molecule has 1 aromatic rings. The molecule has 1 aliphatic heterocycles. The molecule has 88 valence electrons. The van der Waals surface area contributed by atoms with E-state index in [9.17, 15) is 4.79 Å². The normalized spacial score (nSPS) is 17.1. The topological polar surface area (TPSA) is 77.0 Å². The van der Waals surface area contributed by atoms with Crippen LogP contribution >= 0.6 is 11.8 Å². The van der Waals surface area contributed by atoms with Gasteiger partial charge in [0.25, 0.3) is 0 Å². The van der Waals surface area contributed by atoms with E-state index >= 15 is 0 Å². The number of nitrogens with two attached hydrogens (primary N) is 1. The Morgan fingerprint density at radius 1 is 1.50 bits per heavy atom. The van der Waals surface area contributed by atoms with Gasteiger partial charge < -0.3 is 10.6 Å². The van der Waals surface area contributed by atoms with Gasteiger partial charge in [0.15, 0.2) is 0 Å². The van der Waals surface area contributed by atoms with Gasteiger partial charge in [-0.3, -0.25) is 4.79 Å². The summed E-state index contributed by atoms with van der Waals surface area (Å²) in [5, 5.41) is 3.90. The lowest BCUT2D eigenvalue weighted by atomic mass is 10.4. The molecule has 1 aromatic heterocycles. The molecule has 0 atom stereocenters. The largest absolute Gasteiger partial charge is 0.367 e. The third-order valence-corrected chi connectivity index (χ3v) is 3.48. The number of carbonyl (C=O) groups excluding carboxylic acids is 1. The fourth-order valence-electron chi connectivity index (χ4n) is 1.62. The zero-order valence-corrected chi connectivity index (χ0v) is 9.82. The van der Waals surface area contributed by atoms with Crippen LogP contribution in [0.5, 0.6) is 0 Å². The van der Waals surface area contributed by atoms with Crippen molar-refractivity contribution in [3.63, 3.8) is 0 Å². The SMILES string of the molecule is Nc1ncn(CC(=O)N2CCCSCC2)n1. The first kappa shape index (κ1) is 11.3. The number of thioether (sulfide) groups is 1. The monoisotopic (exact) mass is 241 g/mol. The van der Waals surface area contributed by atoms with Crippen molar-refractivity contribution < 1.29 is 4.79 Å². The third kappa shape index (κ3) is 2.88. The Hall–Kier alpha value is -1.24. The van der Waals surface area contributed by atoms with Crippen molar-refractivity contribution in [3.8, 4) is 0 Å². The van der Waals surface area contributed by atoms with Crippen molar-refractivity contribution in [1.29, 1.82) is 0 Å². The summed E-state index contributed by atoms with van der Waals surface area (Å²) in [7, 11) is 0. The van der Waals surface area contributed by atoms with E-state index < -0.39 is 0 Å². The van der Waals surface area contributed by atoms with Crippen LogP contribution in [-0.2, 0) is 11.3 Å². The van der Waals surface area contributed by atoms with Crippen LogP contribution < -0.4 is 5.73 Å². The average molecular weight is 241 g/mol. The fourth-order valence-corrected chi connectivity index (χ4v) is 2.51. The number of nitrogens with zero attached hydrogens (tertiary/aromatic N) is 4. The summed E-state index contributed by atoms with van der Waals surface area (Å²) < 4.78 is 1.48. The first-order chi connectivity index (χ1) is 7.75. The fraction of sp³-hybridized carbons (Fsp3) is 0.667. The molecule has 0 spiro atoms. The van der Waals surface area contributed by atoms with Crippen molar-refractivity contribution in [3.05, 3.63) is 6.33 Å². The quantitative estimate of drug-likeness (QED) is 0.777. The van der Waals surface area contributed by atoms with Crippen molar-refractivity contribution >= 4 is 23.6 Å². The predicted octanol–water partition coefficient (Wildman–Crippen LogP) is -0.174. The van der Waals surface area contributed by atoms with Crippen LogP contribution in [-0.4, -0.2) is 50.2 Å². The van der Waals surface area contributed by atoms with Crippen LogP contribution in [0.3, 0.4) is 0 Å². The highest BCUT2D eigenvalue weighted by molar-refractivity contribution is 7.99. The molecule has 0 bridgehead atoms. The van der Waals surface area contributed by atoms with E-state index in [1.54, 1.807) is 0 Å². The predicted molar refractivity (Wildman–Crippen MR) is 63.0 cm³/mol. The second-order valence-electron chi connectivity index (χ2n) is 3.65. The van der Waals surface area contributed by atoms with Crippen LogP contribution in [0.15, 0.2) is 6.33 Å². The Morgan fingerprint density at radius 2 is 2.38 bits per heavy atom. The molecule has 0 saturated carbocycles. The summed E-state index contributed by atoms with van der Waals surface area (Å²) in [6.07, 6.45) is 2.55. The highest BCUT2D eigenvalue weighted by Crippen LogP contribution is 2.10. The minimum Gasteiger partial charge on any atom is -0.367 e. The molecule has 1 aliphatic rings. The van der Waals surface area contributed by atoms with E-state index in [0.717, 1.165) is 31.0 Å². The van der Waals surface area contributed by atoms with Crippen LogP contribution in [0.2, 0.25) is 0 Å². The highest BCUT2D eigenvalue weighted by atomic mass is 32.2. The molecule has 6 nitrogen and oxygen atoms in total. The molecule has 7 heteroatoms. The van der Waals surface area contributed by atoms with Crippen molar-refractivity contribution in [1.82, 2.24) is 19.7 Å². The molecule has 16 heavy (non-hydrogen) atoms. The van der Waals surface area contributed by atoms with Crippen LogP contribution in [0.4, 0.5) is 5.95 Å². The van der Waals surface area contributed by atoms with Gasteiger partial charge in [-0.2, -0.15) is 11.8 Å². The second-order valence-corrected chi connectivity index (χ2v) is 4.87. The van der Waals surface area contributed by atoms with Gasteiger partial charge in [-0.25, -0.2) is 9.67 Å². The molecule has 2 heterocycles. The number of hydrogen-bond acceptors (Lipinski definition) is 5. The highest BCUT2D eigenvalue weighted by Gasteiger charge is 2.16. The van der Waals surface area contributed by atoms with Gasteiger partial charge in [0, 0.05) is 18.8 Å². The zero-order chi connectivity index (χ0) is 11.4. The standard InChI is InChI=1S/C9H15N5OS/c10-9-11-7-14(12-9)6-8(15)13-2-1-4-16-5-3-13/h7H,1-6H2,(H2,10,12). The van der Waals surface area contributed by atoms with Gasteiger partial charge in [0.1, 0.15) is 12.9 Å². The van der Waals surface area contributed by atoms with Crippen LogP contribution in [0.1, 0.15) is 6.42 Å². The molecule has 1 fully saturated rings. The maximum absolute atomic E-state index is 11.9. The molecule has 2 N–H and O–H groups in total. The first-order valence-electron chi connectivity index (χ1n) is 5.26. The number of rotatable bonds is 2. The second kappa shape index (κ2) is 5.20. The van der Waals surface area contributed by atoms with Gasteiger partial charge in [0.2, 0.25) is 11.9 Å². The Balaban J connectivity index is 1.91. The molecule has 0 aliphatic carbocycles. The lowest BCUT2D eigenvalue weighted by Crippen LogP contribution is -2.35. The zero-order valence-electron chi connectivity index (χ0n) is 9.00. The molecule has 0 radical (unpaired) electrons. The van der Waals surface area contributed by atoms with E-state index in [2.05, 4.69) is 10.1 Å². The number of nitrogen functional groups attached to an aromatic ring is 1. The van der Waals surface area contributed by atoms with Crippen molar-refractivity contribution in [2.75, 3.05) is 30.3 Å². The van der Waals surface area contributed by atoms with Gasteiger partial charge in [0.05, 0.1) is 0 Å². The lowest BCUT2D eigenvalue weighted by molar-refractivity contribution is -0.131. The Bertz CT molecular complexity index is 359. The summed E-state index contributed by atoms with van der Waals surface area (Å²) in [5.74, 6) is 2.46. The smallest absolute Gasteiger partial charge is 0.244 e. The molecule has 2 rings (SSSR count). The van der Waals surface area contributed by atoms with Gasteiger partial charge in [-0.1, -0.05) is 0 Å². The third-order valence-electron chi connectivity index (χ3n) is 2.43. The van der Waals surface area contributed by atoms with Gasteiger partial charge in [-0.15, -0.1) is 5.10 Å². The van der Waals surface area contributed by atoms with Crippen molar-refractivity contribution in [2.45, 2.75) is 13.0 Å². The van der Waals surface area contributed by atoms with Crippen molar-refractivity contribution in [2.24, 2.45) is 0 Å². The first-order valence-corrected chi connectivity index (χ1v) is 6.41. The maximum Gasteiger partial charge on any atom is 0.244 e. The number of amides is 1. The summed E-state index contributed by atoms with van der Waals surface area (Å²) >= 11 is 1.90. The molecule has 1 amide bonds. The van der Waals surface area contributed by atoms with E-state index in [0.29, 0.717) is 0 Å². The summed E-state index contributed by atoms with van der Waals surface area (Å²) in [6.45, 7) is 1.90. The van der Waals surface area contributed by atoms with E-state index in [-0.39, 0.29) is 18.4 Å². The summed E-state index contributed by atoms with van der Waals surface area (Å²) in [6, 6.07) is 0. The number of aromatic nitrogens is 3. The van der Waals surface area contributed by atoms with Gasteiger partial charge >= 0.3 is 0 Å². The van der Waals surface area contributed by atoms with Crippen LogP contribution in [0.25, 0.3) is 0 Å². The Morgan fingerprint density at radius 3 is 3.12 bits per heavy atom. The molecular weight excluding hydrogens is 226 g/mol. The maximum atomic E-state index is 11.9. The Labute approximate surface area is 98.2 Å². The number of carbonyl (C=O) groups is 1. The summed E-state index contributed by atoms with van der Waals surface area (Å²) in [4.78, 5) is 17.6. The number of anilines is 1. The minimum atomic E-state index is 0.0902. The summed E-state index contributed by atoms with van der Waals surface area (Å²) in [5.41, 5.74) is 5.39. The Kier molecular flexibility index (Phi) is 3.66.